The highest BCUT2D eigenvalue weighted by atomic mass is 16.2. The maximum atomic E-state index is 12.5. The highest BCUT2D eigenvalue weighted by Crippen LogP contribution is 2.30. The Morgan fingerprint density at radius 1 is 1.29 bits per heavy atom. The Morgan fingerprint density at radius 2 is 2.00 bits per heavy atom. The Morgan fingerprint density at radius 3 is 2.57 bits per heavy atom. The van der Waals surface area contributed by atoms with Crippen LogP contribution in [0.1, 0.15) is 55.9 Å². The molecule has 1 aromatic heterocycles. The molecule has 1 fully saturated rings. The van der Waals surface area contributed by atoms with Crippen molar-refractivity contribution in [2.75, 3.05) is 7.05 Å². The van der Waals surface area contributed by atoms with E-state index in [-0.39, 0.29) is 23.7 Å². The smallest absolute Gasteiger partial charge is 0.274 e. The fourth-order valence-corrected chi connectivity index (χ4v) is 3.17. The van der Waals surface area contributed by atoms with E-state index in [2.05, 4.69) is 9.97 Å². The zero-order valence-electron chi connectivity index (χ0n) is 12.8. The van der Waals surface area contributed by atoms with Crippen molar-refractivity contribution in [2.45, 2.75) is 51.5 Å². The van der Waals surface area contributed by atoms with Crippen molar-refractivity contribution in [3.63, 3.8) is 0 Å². The van der Waals surface area contributed by atoms with Crippen molar-refractivity contribution in [1.82, 2.24) is 14.9 Å². The second-order valence-electron chi connectivity index (χ2n) is 5.67. The van der Waals surface area contributed by atoms with E-state index < -0.39 is 0 Å². The first-order valence-corrected chi connectivity index (χ1v) is 7.71. The number of Topliss-reactive ketones (excluding diaryl/α,β-unsaturated/α-hetero) is 1. The van der Waals surface area contributed by atoms with Crippen LogP contribution in [0.15, 0.2) is 18.6 Å². The Balaban J connectivity index is 2.19. The third kappa shape index (κ3) is 3.65. The first-order chi connectivity index (χ1) is 10.1. The van der Waals surface area contributed by atoms with Gasteiger partial charge in [-0.05, 0) is 18.8 Å². The van der Waals surface area contributed by atoms with Gasteiger partial charge in [0.1, 0.15) is 5.69 Å². The normalized spacial score (nSPS) is 17.2. The number of ketones is 1. The van der Waals surface area contributed by atoms with Gasteiger partial charge < -0.3 is 4.90 Å². The molecular weight excluding hydrogens is 266 g/mol. The zero-order valence-corrected chi connectivity index (χ0v) is 12.8. The third-order valence-electron chi connectivity index (χ3n) is 4.29. The van der Waals surface area contributed by atoms with Crippen LogP contribution < -0.4 is 0 Å². The van der Waals surface area contributed by atoms with Crippen molar-refractivity contribution in [1.29, 1.82) is 0 Å². The van der Waals surface area contributed by atoms with Crippen molar-refractivity contribution in [3.05, 3.63) is 24.3 Å². The minimum absolute atomic E-state index is 0.140. The molecule has 1 amide bonds. The summed E-state index contributed by atoms with van der Waals surface area (Å²) in [7, 11) is 1.71. The molecule has 1 heterocycles. The summed E-state index contributed by atoms with van der Waals surface area (Å²) in [5.74, 6) is 0.193. The van der Waals surface area contributed by atoms with Crippen LogP contribution in [0.25, 0.3) is 0 Å². The SMILES string of the molecule is CCC(=O)C(C1CCCCC1)N(C)C(=O)c1cnccn1. The van der Waals surface area contributed by atoms with Gasteiger partial charge in [-0.25, -0.2) is 4.98 Å². The topological polar surface area (TPSA) is 63.2 Å². The second-order valence-corrected chi connectivity index (χ2v) is 5.67. The predicted octanol–water partition coefficient (Wildman–Crippen LogP) is 2.48. The molecule has 0 aliphatic heterocycles. The molecule has 0 spiro atoms. The second kappa shape index (κ2) is 7.29. The van der Waals surface area contributed by atoms with Crippen LogP contribution in [0.4, 0.5) is 0 Å². The van der Waals surface area contributed by atoms with Gasteiger partial charge in [0.2, 0.25) is 0 Å². The van der Waals surface area contributed by atoms with Crippen LogP contribution in [0.2, 0.25) is 0 Å². The lowest BCUT2D eigenvalue weighted by Gasteiger charge is -2.35. The highest BCUT2D eigenvalue weighted by Gasteiger charge is 2.34. The molecule has 0 radical (unpaired) electrons. The number of likely N-dealkylation sites (N-methyl/N-ethyl adjacent to an activating group) is 1. The average Bonchev–Trinajstić information content (AvgIpc) is 2.55. The fraction of sp³-hybridized carbons (Fsp3) is 0.625. The van der Waals surface area contributed by atoms with Gasteiger partial charge in [-0.2, -0.15) is 0 Å². The van der Waals surface area contributed by atoms with E-state index in [1.54, 1.807) is 11.9 Å². The minimum Gasteiger partial charge on any atom is -0.330 e. The van der Waals surface area contributed by atoms with E-state index in [9.17, 15) is 9.59 Å². The number of carbonyl (C=O) groups is 2. The van der Waals surface area contributed by atoms with Gasteiger partial charge in [-0.15, -0.1) is 0 Å². The van der Waals surface area contributed by atoms with Crippen molar-refractivity contribution >= 4 is 11.7 Å². The van der Waals surface area contributed by atoms with Crippen molar-refractivity contribution in [3.8, 4) is 0 Å². The lowest BCUT2D eigenvalue weighted by molar-refractivity contribution is -0.125. The molecule has 21 heavy (non-hydrogen) atoms. The number of aromatic nitrogens is 2. The molecule has 1 unspecified atom stereocenters. The van der Waals surface area contributed by atoms with E-state index in [1.165, 1.54) is 25.0 Å². The van der Waals surface area contributed by atoms with Gasteiger partial charge in [0.25, 0.3) is 5.91 Å². The summed E-state index contributed by atoms with van der Waals surface area (Å²) in [6.07, 6.45) is 10.5. The van der Waals surface area contributed by atoms with E-state index in [0.29, 0.717) is 12.1 Å². The van der Waals surface area contributed by atoms with Crippen LogP contribution in [-0.2, 0) is 4.79 Å². The molecule has 0 aromatic carbocycles. The lowest BCUT2D eigenvalue weighted by Crippen LogP contribution is -2.47. The summed E-state index contributed by atoms with van der Waals surface area (Å²) < 4.78 is 0. The molecule has 1 aliphatic rings. The fourth-order valence-electron chi connectivity index (χ4n) is 3.17. The van der Waals surface area contributed by atoms with Gasteiger partial charge >= 0.3 is 0 Å². The molecule has 5 heteroatoms. The quantitative estimate of drug-likeness (QED) is 0.835. The van der Waals surface area contributed by atoms with Crippen LogP contribution >= 0.6 is 0 Å². The van der Waals surface area contributed by atoms with Crippen molar-refractivity contribution in [2.24, 2.45) is 5.92 Å². The van der Waals surface area contributed by atoms with E-state index in [1.807, 2.05) is 6.92 Å². The summed E-state index contributed by atoms with van der Waals surface area (Å²) in [6, 6.07) is -0.329. The van der Waals surface area contributed by atoms with Gasteiger partial charge in [-0.1, -0.05) is 26.2 Å². The molecule has 1 saturated carbocycles. The van der Waals surface area contributed by atoms with Gasteiger partial charge in [0.05, 0.1) is 12.2 Å². The van der Waals surface area contributed by atoms with E-state index in [4.69, 9.17) is 0 Å². The molecule has 5 nitrogen and oxygen atoms in total. The maximum absolute atomic E-state index is 12.5. The largest absolute Gasteiger partial charge is 0.330 e. The monoisotopic (exact) mass is 289 g/mol. The molecule has 0 N–H and O–H groups in total. The summed E-state index contributed by atoms with van der Waals surface area (Å²) in [6.45, 7) is 1.86. The molecule has 114 valence electrons. The first kappa shape index (κ1) is 15.6. The Bertz CT molecular complexity index is 484. The molecule has 0 saturated heterocycles. The van der Waals surface area contributed by atoms with Gasteiger partial charge in [0.15, 0.2) is 5.78 Å². The molecule has 1 aromatic rings. The van der Waals surface area contributed by atoms with Gasteiger partial charge in [0, 0.05) is 25.9 Å². The number of carbonyl (C=O) groups excluding carboxylic acids is 2. The third-order valence-corrected chi connectivity index (χ3v) is 4.29. The Kier molecular flexibility index (Phi) is 5.42. The van der Waals surface area contributed by atoms with Gasteiger partial charge in [-0.3, -0.25) is 14.6 Å². The molecule has 1 atom stereocenters. The summed E-state index contributed by atoms with van der Waals surface area (Å²) in [4.78, 5) is 34.4. The first-order valence-electron chi connectivity index (χ1n) is 7.71. The van der Waals surface area contributed by atoms with Crippen molar-refractivity contribution < 1.29 is 9.59 Å². The maximum Gasteiger partial charge on any atom is 0.274 e. The van der Waals surface area contributed by atoms with E-state index in [0.717, 1.165) is 25.7 Å². The number of nitrogens with zero attached hydrogens (tertiary/aromatic N) is 3. The van der Waals surface area contributed by atoms with E-state index >= 15 is 0 Å². The minimum atomic E-state index is -0.329. The van der Waals surface area contributed by atoms with Crippen LogP contribution in [0.3, 0.4) is 0 Å². The molecule has 2 rings (SSSR count). The highest BCUT2D eigenvalue weighted by molar-refractivity contribution is 5.96. The van der Waals surface area contributed by atoms with Crippen LogP contribution in [-0.4, -0.2) is 39.6 Å². The standard InChI is InChI=1S/C16H23N3O2/c1-3-14(20)15(12-7-5-4-6-8-12)19(2)16(21)13-11-17-9-10-18-13/h9-12,15H,3-8H2,1-2H3. The number of hydrogen-bond donors (Lipinski definition) is 0. The Hall–Kier alpha value is -1.78. The predicted molar refractivity (Wildman–Crippen MR) is 79.8 cm³/mol. The summed E-state index contributed by atoms with van der Waals surface area (Å²) in [5.41, 5.74) is 0.296. The molecule has 1 aliphatic carbocycles. The summed E-state index contributed by atoms with van der Waals surface area (Å²) in [5, 5.41) is 0. The lowest BCUT2D eigenvalue weighted by atomic mass is 9.81. The average molecular weight is 289 g/mol. The van der Waals surface area contributed by atoms with Crippen LogP contribution in [0, 0.1) is 5.92 Å². The zero-order chi connectivity index (χ0) is 15.2. The summed E-state index contributed by atoms with van der Waals surface area (Å²) >= 11 is 0. The number of rotatable bonds is 5. The molecular formula is C16H23N3O2. The molecule has 0 bridgehead atoms. The number of amides is 1. The van der Waals surface area contributed by atoms with Crippen LogP contribution in [0.5, 0.6) is 0 Å². The number of hydrogen-bond acceptors (Lipinski definition) is 4. The Labute approximate surface area is 125 Å².